The van der Waals surface area contributed by atoms with Gasteiger partial charge >= 0.3 is 6.18 Å². The van der Waals surface area contributed by atoms with Crippen LogP contribution in [0.1, 0.15) is 24.1 Å². The summed E-state index contributed by atoms with van der Waals surface area (Å²) in [4.78, 5) is 22.0. The van der Waals surface area contributed by atoms with Crippen molar-refractivity contribution >= 4 is 17.8 Å². The quantitative estimate of drug-likeness (QED) is 0.832. The van der Waals surface area contributed by atoms with Gasteiger partial charge in [-0.2, -0.15) is 13.2 Å². The highest BCUT2D eigenvalue weighted by Gasteiger charge is 2.31. The molecule has 1 aliphatic heterocycles. The molecule has 0 atom stereocenters. The smallest absolute Gasteiger partial charge is 0.356 e. The van der Waals surface area contributed by atoms with Gasteiger partial charge < -0.3 is 10.2 Å². The van der Waals surface area contributed by atoms with Crippen LogP contribution in [0.3, 0.4) is 0 Å². The van der Waals surface area contributed by atoms with Gasteiger partial charge in [0.2, 0.25) is 5.91 Å². The molecule has 1 fully saturated rings. The fraction of sp³-hybridized carbons (Fsp3) is 0.316. The third kappa shape index (κ3) is 5.29. The number of carbonyl (C=O) groups excluding carboxylic acids is 1. The Bertz CT molecular complexity index is 783. The highest BCUT2D eigenvalue weighted by Crippen LogP contribution is 2.29. The first-order chi connectivity index (χ1) is 12.9. The Morgan fingerprint density at radius 3 is 2.52 bits per heavy atom. The topological polar surface area (TPSA) is 58.1 Å². The minimum atomic E-state index is -4.38. The van der Waals surface area contributed by atoms with Gasteiger partial charge in [0, 0.05) is 37.6 Å². The van der Waals surface area contributed by atoms with Crippen molar-refractivity contribution in [2.24, 2.45) is 0 Å². The fourth-order valence-corrected chi connectivity index (χ4v) is 2.88. The number of piperidine rings is 1. The summed E-state index contributed by atoms with van der Waals surface area (Å²) in [5.74, 6) is 0.328. The Hall–Kier alpha value is -2.90. The van der Waals surface area contributed by atoms with Gasteiger partial charge in [-0.15, -0.1) is 0 Å². The molecule has 0 bridgehead atoms. The first kappa shape index (κ1) is 18.9. The molecule has 2 aromatic heterocycles. The van der Waals surface area contributed by atoms with Gasteiger partial charge in [-0.05, 0) is 43.2 Å². The van der Waals surface area contributed by atoms with Crippen molar-refractivity contribution in [1.82, 2.24) is 15.3 Å². The second-order valence-corrected chi connectivity index (χ2v) is 6.26. The molecular formula is C19H19F3N4O. The average Bonchev–Trinajstić information content (AvgIpc) is 2.67. The van der Waals surface area contributed by atoms with Crippen LogP contribution < -0.4 is 10.2 Å². The molecule has 1 saturated heterocycles. The van der Waals surface area contributed by atoms with Crippen LogP contribution in [0.4, 0.5) is 19.0 Å². The predicted octanol–water partition coefficient (Wildman–Crippen LogP) is 3.29. The Balaban J connectivity index is 1.48. The first-order valence-corrected chi connectivity index (χ1v) is 8.59. The number of halogens is 3. The lowest BCUT2D eigenvalue weighted by molar-refractivity contribution is -0.137. The second kappa shape index (κ2) is 8.20. The molecule has 1 N–H and O–H groups in total. The van der Waals surface area contributed by atoms with E-state index in [1.807, 2.05) is 11.0 Å². The van der Waals surface area contributed by atoms with Crippen molar-refractivity contribution in [2.75, 3.05) is 18.0 Å². The number of amides is 1. The van der Waals surface area contributed by atoms with Gasteiger partial charge in [0.25, 0.3) is 0 Å². The van der Waals surface area contributed by atoms with Gasteiger partial charge in [-0.25, -0.2) is 4.98 Å². The molecule has 0 aliphatic carbocycles. The maximum atomic E-state index is 12.6. The van der Waals surface area contributed by atoms with E-state index in [1.165, 1.54) is 12.1 Å². The van der Waals surface area contributed by atoms with Crippen molar-refractivity contribution in [2.45, 2.75) is 25.1 Å². The molecular weight excluding hydrogens is 357 g/mol. The fourth-order valence-electron chi connectivity index (χ4n) is 2.88. The number of nitrogens with zero attached hydrogens (tertiary/aromatic N) is 3. The summed E-state index contributed by atoms with van der Waals surface area (Å²) >= 11 is 0. The van der Waals surface area contributed by atoms with Gasteiger partial charge in [0.05, 0.1) is 11.3 Å². The molecule has 1 aliphatic rings. The lowest BCUT2D eigenvalue weighted by Gasteiger charge is -2.33. The van der Waals surface area contributed by atoms with Crippen molar-refractivity contribution in [1.29, 1.82) is 0 Å². The van der Waals surface area contributed by atoms with Crippen LogP contribution in [0.25, 0.3) is 6.08 Å². The summed E-state index contributed by atoms with van der Waals surface area (Å²) in [6.45, 7) is 1.24. The highest BCUT2D eigenvalue weighted by molar-refractivity contribution is 5.91. The summed E-state index contributed by atoms with van der Waals surface area (Å²) < 4.78 is 37.8. The number of hydrogen-bond donors (Lipinski definition) is 1. The maximum Gasteiger partial charge on any atom is 0.417 e. The molecule has 0 saturated carbocycles. The Labute approximate surface area is 154 Å². The molecule has 1 amide bonds. The molecule has 142 valence electrons. The minimum Gasteiger partial charge on any atom is -0.356 e. The summed E-state index contributed by atoms with van der Waals surface area (Å²) in [7, 11) is 0. The molecule has 3 rings (SSSR count). The third-order valence-electron chi connectivity index (χ3n) is 4.33. The first-order valence-electron chi connectivity index (χ1n) is 8.59. The van der Waals surface area contributed by atoms with Crippen LogP contribution >= 0.6 is 0 Å². The number of rotatable bonds is 4. The zero-order chi connectivity index (χ0) is 19.3. The summed E-state index contributed by atoms with van der Waals surface area (Å²) in [6, 6.07) is 7.90. The van der Waals surface area contributed by atoms with Gasteiger partial charge in [0.15, 0.2) is 0 Å². The molecule has 2 aromatic rings. The molecule has 5 nitrogen and oxygen atoms in total. The minimum absolute atomic E-state index is 0.0246. The number of carbonyl (C=O) groups is 1. The van der Waals surface area contributed by atoms with Crippen LogP contribution in [-0.2, 0) is 11.0 Å². The van der Waals surface area contributed by atoms with Gasteiger partial charge in [-0.3, -0.25) is 9.78 Å². The summed E-state index contributed by atoms with van der Waals surface area (Å²) in [5, 5.41) is 2.94. The van der Waals surface area contributed by atoms with Crippen molar-refractivity contribution in [3.63, 3.8) is 0 Å². The van der Waals surface area contributed by atoms with Crippen LogP contribution in [0.15, 0.2) is 48.8 Å². The van der Waals surface area contributed by atoms with E-state index in [4.69, 9.17) is 0 Å². The summed E-state index contributed by atoms with van der Waals surface area (Å²) in [5.41, 5.74) is -0.0519. The van der Waals surface area contributed by atoms with E-state index in [-0.39, 0.29) is 11.9 Å². The molecule has 8 heteroatoms. The van der Waals surface area contributed by atoms with Crippen molar-refractivity contribution in [3.8, 4) is 0 Å². The number of pyridine rings is 2. The number of hydrogen-bond acceptors (Lipinski definition) is 4. The SMILES string of the molecule is O=C(/C=C/c1ccccn1)NC1CCN(c2ccc(C(F)(F)F)cn2)CC1. The van der Waals surface area contributed by atoms with E-state index in [0.717, 1.165) is 12.3 Å². The average molecular weight is 376 g/mol. The number of nitrogens with one attached hydrogen (secondary N) is 1. The lowest BCUT2D eigenvalue weighted by atomic mass is 10.0. The van der Waals surface area contributed by atoms with E-state index in [1.54, 1.807) is 24.4 Å². The molecule has 0 unspecified atom stereocenters. The van der Waals surface area contributed by atoms with E-state index in [2.05, 4.69) is 15.3 Å². The zero-order valence-corrected chi connectivity index (χ0v) is 14.5. The lowest BCUT2D eigenvalue weighted by Crippen LogP contribution is -2.44. The molecule has 0 aromatic carbocycles. The van der Waals surface area contributed by atoms with Crippen LogP contribution in [-0.4, -0.2) is 35.0 Å². The standard InChI is InChI=1S/C19H19F3N4O/c20-19(21,22)14-4-6-17(24-13-14)26-11-8-16(9-12-26)25-18(27)7-5-15-3-1-2-10-23-15/h1-7,10,13,16H,8-9,11-12H2,(H,25,27)/b7-5+. The molecule has 27 heavy (non-hydrogen) atoms. The largest absolute Gasteiger partial charge is 0.417 e. The molecule has 3 heterocycles. The second-order valence-electron chi connectivity index (χ2n) is 6.26. The third-order valence-corrected chi connectivity index (χ3v) is 4.33. The maximum absolute atomic E-state index is 12.6. The normalized spacial score (nSPS) is 15.9. The van der Waals surface area contributed by atoms with Gasteiger partial charge in [0.1, 0.15) is 5.82 Å². The molecule has 0 radical (unpaired) electrons. The Morgan fingerprint density at radius 1 is 1.15 bits per heavy atom. The predicted molar refractivity (Wildman–Crippen MR) is 95.9 cm³/mol. The summed E-state index contributed by atoms with van der Waals surface area (Å²) in [6.07, 6.45) is 2.63. The Kier molecular flexibility index (Phi) is 5.73. The Morgan fingerprint density at radius 2 is 1.93 bits per heavy atom. The van der Waals surface area contributed by atoms with E-state index < -0.39 is 11.7 Å². The number of anilines is 1. The van der Waals surface area contributed by atoms with E-state index in [9.17, 15) is 18.0 Å². The van der Waals surface area contributed by atoms with Crippen LogP contribution in [0.2, 0.25) is 0 Å². The molecule has 0 spiro atoms. The number of alkyl halides is 3. The van der Waals surface area contributed by atoms with Gasteiger partial charge in [-0.1, -0.05) is 6.07 Å². The van der Waals surface area contributed by atoms with E-state index in [0.29, 0.717) is 37.4 Å². The number of aromatic nitrogens is 2. The van der Waals surface area contributed by atoms with Crippen molar-refractivity contribution in [3.05, 3.63) is 60.1 Å². The van der Waals surface area contributed by atoms with E-state index >= 15 is 0 Å². The van der Waals surface area contributed by atoms with Crippen molar-refractivity contribution < 1.29 is 18.0 Å². The monoisotopic (exact) mass is 376 g/mol. The zero-order valence-electron chi connectivity index (χ0n) is 14.5. The van der Waals surface area contributed by atoms with Crippen LogP contribution in [0, 0.1) is 0 Å². The van der Waals surface area contributed by atoms with Crippen LogP contribution in [0.5, 0.6) is 0 Å². The highest BCUT2D eigenvalue weighted by atomic mass is 19.4.